The van der Waals surface area contributed by atoms with E-state index in [4.69, 9.17) is 34.8 Å². The van der Waals surface area contributed by atoms with Crippen LogP contribution in [0.4, 0.5) is 13.2 Å². The number of aliphatic carboxylic acids is 1. The third kappa shape index (κ3) is 4.77. The lowest BCUT2D eigenvalue weighted by molar-refractivity contribution is -0.192. The highest BCUT2D eigenvalue weighted by molar-refractivity contribution is 6.03. The monoisotopic (exact) mass is 549 g/mol. The number of hydrogen-bond donors (Lipinski definition) is 2. The van der Waals surface area contributed by atoms with Gasteiger partial charge in [-0.1, -0.05) is 48.5 Å². The molecule has 3 heterocycles. The van der Waals surface area contributed by atoms with Crippen LogP contribution in [-0.2, 0) is 10.3 Å². The third-order valence-electron chi connectivity index (χ3n) is 6.48. The summed E-state index contributed by atoms with van der Waals surface area (Å²) >= 11 is 0. The second-order valence-electron chi connectivity index (χ2n) is 8.82. The van der Waals surface area contributed by atoms with E-state index in [-0.39, 0.29) is 6.79 Å². The van der Waals surface area contributed by atoms with Gasteiger partial charge in [0.05, 0.1) is 13.3 Å². The summed E-state index contributed by atoms with van der Waals surface area (Å²) in [6.07, 6.45) is -1.56. The van der Waals surface area contributed by atoms with Crippen LogP contribution in [0.5, 0.6) is 17.2 Å². The van der Waals surface area contributed by atoms with Crippen LogP contribution >= 0.6 is 0 Å². The van der Waals surface area contributed by atoms with Crippen LogP contribution in [0.15, 0.2) is 90.2 Å². The molecule has 1 aromatic heterocycles. The topological polar surface area (TPSA) is 116 Å². The van der Waals surface area contributed by atoms with Gasteiger partial charge in [-0.2, -0.15) is 13.2 Å². The minimum absolute atomic E-state index is 0.214. The van der Waals surface area contributed by atoms with E-state index < -0.39 is 17.7 Å². The maximum atomic E-state index is 10.6. The van der Waals surface area contributed by atoms with Crippen molar-refractivity contribution in [2.45, 2.75) is 11.7 Å². The lowest BCUT2D eigenvalue weighted by Crippen LogP contribution is -2.25. The molecule has 0 fully saturated rings. The number of alkyl halides is 3. The van der Waals surface area contributed by atoms with Crippen LogP contribution < -0.4 is 19.9 Å². The van der Waals surface area contributed by atoms with E-state index >= 15 is 0 Å². The number of nitrogens with zero attached hydrogens (tertiary/aromatic N) is 2. The summed E-state index contributed by atoms with van der Waals surface area (Å²) < 4.78 is 48.3. The zero-order chi connectivity index (χ0) is 28.5. The molecule has 0 aliphatic carbocycles. The molecule has 11 heteroatoms. The first kappa shape index (κ1) is 26.5. The lowest BCUT2D eigenvalue weighted by atomic mass is 9.77. The van der Waals surface area contributed by atoms with Crippen LogP contribution in [0.2, 0.25) is 0 Å². The highest BCUT2D eigenvalue weighted by atomic mass is 19.4. The standard InChI is InChI=1S/C27H21N3O3.C2HF3O2/c1-31-21-12-18(14-29-15-21)17-5-4-6-19(11-17)27(20-9-10-24-25(13-20)33-16-32-24)23-8-3-2-7-22(23)26(28)30-27;3-2(4,5)1(6)7/h2-15H,16H2,1H3,(H2,28,30);(H,6,7). The van der Waals surface area contributed by atoms with Gasteiger partial charge in [-0.25, -0.2) is 9.79 Å². The molecule has 8 nitrogen and oxygen atoms in total. The predicted molar refractivity (Wildman–Crippen MR) is 140 cm³/mol. The number of pyridine rings is 1. The Morgan fingerprint density at radius 3 is 2.42 bits per heavy atom. The van der Waals surface area contributed by atoms with Crippen molar-refractivity contribution >= 4 is 11.8 Å². The summed E-state index contributed by atoms with van der Waals surface area (Å²) in [7, 11) is 1.64. The maximum absolute atomic E-state index is 10.6. The zero-order valence-electron chi connectivity index (χ0n) is 21.0. The molecule has 0 saturated carbocycles. The molecule has 4 aromatic rings. The fourth-order valence-electron chi connectivity index (χ4n) is 4.66. The van der Waals surface area contributed by atoms with Gasteiger partial charge in [-0.05, 0) is 46.5 Å². The van der Waals surface area contributed by atoms with Gasteiger partial charge >= 0.3 is 12.1 Å². The minimum atomic E-state index is -5.08. The van der Waals surface area contributed by atoms with Gasteiger partial charge in [0.1, 0.15) is 17.1 Å². The first-order valence-corrected chi connectivity index (χ1v) is 11.9. The summed E-state index contributed by atoms with van der Waals surface area (Å²) in [5.41, 5.74) is 11.5. The molecule has 0 spiro atoms. The van der Waals surface area contributed by atoms with Crippen molar-refractivity contribution in [3.63, 3.8) is 0 Å². The van der Waals surface area contributed by atoms with Gasteiger partial charge in [0, 0.05) is 17.3 Å². The van der Waals surface area contributed by atoms with Crippen LogP contribution in [0.25, 0.3) is 11.1 Å². The molecule has 0 radical (unpaired) electrons. The number of benzene rings is 3. The van der Waals surface area contributed by atoms with Gasteiger partial charge in [0.2, 0.25) is 6.79 Å². The molecule has 0 bridgehead atoms. The second kappa shape index (κ2) is 10.3. The van der Waals surface area contributed by atoms with E-state index in [1.807, 2.05) is 54.7 Å². The van der Waals surface area contributed by atoms with Crippen molar-refractivity contribution < 1.29 is 37.3 Å². The molecular weight excluding hydrogens is 527 g/mol. The molecule has 1 unspecified atom stereocenters. The minimum Gasteiger partial charge on any atom is -0.495 e. The molecule has 3 N–H and O–H groups in total. The first-order chi connectivity index (χ1) is 19.1. The zero-order valence-corrected chi connectivity index (χ0v) is 21.0. The number of rotatable bonds is 4. The highest BCUT2D eigenvalue weighted by Gasteiger charge is 2.43. The Hall–Kier alpha value is -5.06. The number of nitrogens with two attached hydrogens (primary N) is 1. The van der Waals surface area contributed by atoms with Crippen molar-refractivity contribution in [1.29, 1.82) is 0 Å². The van der Waals surface area contributed by atoms with E-state index in [2.05, 4.69) is 29.2 Å². The third-order valence-corrected chi connectivity index (χ3v) is 6.48. The molecule has 1 atom stereocenters. The van der Waals surface area contributed by atoms with Crippen molar-refractivity contribution in [3.05, 3.63) is 107 Å². The summed E-state index contributed by atoms with van der Waals surface area (Å²) in [4.78, 5) is 18.3. The largest absolute Gasteiger partial charge is 0.495 e. The fourth-order valence-corrected chi connectivity index (χ4v) is 4.66. The average molecular weight is 550 g/mol. The number of hydrogen-bond acceptors (Lipinski definition) is 7. The van der Waals surface area contributed by atoms with Crippen molar-refractivity contribution in [2.75, 3.05) is 13.9 Å². The maximum Gasteiger partial charge on any atom is 0.490 e. The van der Waals surface area contributed by atoms with E-state index in [0.717, 1.165) is 39.1 Å². The second-order valence-corrected chi connectivity index (χ2v) is 8.82. The van der Waals surface area contributed by atoms with Gasteiger partial charge in [-0.15, -0.1) is 0 Å². The molecule has 2 aliphatic heterocycles. The number of ether oxygens (including phenoxy) is 3. The van der Waals surface area contributed by atoms with Crippen molar-refractivity contribution in [1.82, 2.24) is 4.98 Å². The Bertz CT molecular complexity index is 1620. The molecule has 0 saturated heterocycles. The van der Waals surface area contributed by atoms with Gasteiger partial charge in [0.25, 0.3) is 0 Å². The van der Waals surface area contributed by atoms with E-state index in [9.17, 15) is 13.2 Å². The molecule has 0 amide bonds. The Kier molecular flexibility index (Phi) is 6.80. The molecule has 40 heavy (non-hydrogen) atoms. The molecular formula is C29H22F3N3O5. The van der Waals surface area contributed by atoms with Crippen LogP contribution in [0.3, 0.4) is 0 Å². The number of carboxylic acids is 1. The molecule has 6 rings (SSSR count). The van der Waals surface area contributed by atoms with Crippen LogP contribution in [0, 0.1) is 0 Å². The van der Waals surface area contributed by atoms with Gasteiger partial charge in [-0.3, -0.25) is 4.98 Å². The summed E-state index contributed by atoms with van der Waals surface area (Å²) in [5, 5.41) is 7.12. The van der Waals surface area contributed by atoms with E-state index in [1.165, 1.54) is 0 Å². The first-order valence-electron chi connectivity index (χ1n) is 11.9. The van der Waals surface area contributed by atoms with E-state index in [0.29, 0.717) is 17.3 Å². The predicted octanol–water partition coefficient (Wildman–Crippen LogP) is 5.13. The average Bonchev–Trinajstić information content (AvgIpc) is 3.55. The number of fused-ring (bicyclic) bond motifs is 2. The van der Waals surface area contributed by atoms with Gasteiger partial charge in [0.15, 0.2) is 11.5 Å². The summed E-state index contributed by atoms with van der Waals surface area (Å²) in [6.45, 7) is 0.214. The number of halogens is 3. The van der Waals surface area contributed by atoms with E-state index in [1.54, 1.807) is 13.3 Å². The number of aliphatic imine (C=N–C) groups is 1. The number of amidine groups is 1. The summed E-state index contributed by atoms with van der Waals surface area (Å²) in [6, 6.07) is 24.4. The highest BCUT2D eigenvalue weighted by Crippen LogP contribution is 2.48. The van der Waals surface area contributed by atoms with Crippen molar-refractivity contribution in [2.24, 2.45) is 10.7 Å². The lowest BCUT2D eigenvalue weighted by Gasteiger charge is -2.29. The molecule has 204 valence electrons. The Morgan fingerprint density at radius 1 is 0.950 bits per heavy atom. The number of aromatic nitrogens is 1. The van der Waals surface area contributed by atoms with Crippen molar-refractivity contribution in [3.8, 4) is 28.4 Å². The smallest absolute Gasteiger partial charge is 0.490 e. The number of carbonyl (C=O) groups is 1. The Balaban J connectivity index is 0.000000411. The van der Waals surface area contributed by atoms with Crippen LogP contribution in [-0.4, -0.2) is 42.0 Å². The number of methoxy groups -OCH3 is 1. The Labute approximate surface area is 226 Å². The van der Waals surface area contributed by atoms with Gasteiger partial charge < -0.3 is 25.1 Å². The normalized spacial score (nSPS) is 16.9. The summed E-state index contributed by atoms with van der Waals surface area (Å²) in [5.74, 6) is -0.104. The SMILES string of the molecule is COc1cncc(-c2cccc(C3(c4ccc5c(c4)OCO5)N=C(N)c4ccccc43)c2)c1.O=C(O)C(F)(F)F. The quantitative estimate of drug-likeness (QED) is 0.363. The molecule has 3 aromatic carbocycles. The molecule has 2 aliphatic rings. The van der Waals surface area contributed by atoms with Crippen LogP contribution in [0.1, 0.15) is 22.3 Å². The number of carboxylic acid groups (broad SMARTS) is 1. The Morgan fingerprint density at radius 2 is 1.68 bits per heavy atom. The fraction of sp³-hybridized carbons (Fsp3) is 0.138.